The number of halogens is 2. The van der Waals surface area contributed by atoms with Crippen LogP contribution in [0.5, 0.6) is 0 Å². The minimum absolute atomic E-state index is 0.199. The van der Waals surface area contributed by atoms with Crippen LogP contribution in [0, 0.1) is 11.9 Å². The van der Waals surface area contributed by atoms with E-state index in [4.69, 9.17) is 11.6 Å². The van der Waals surface area contributed by atoms with E-state index in [1.807, 2.05) is 6.92 Å². The van der Waals surface area contributed by atoms with Crippen molar-refractivity contribution in [2.45, 2.75) is 13.3 Å². The van der Waals surface area contributed by atoms with Gasteiger partial charge in [0.15, 0.2) is 0 Å². The highest BCUT2D eigenvalue weighted by atomic mass is 35.5. The molecule has 0 aliphatic carbocycles. The van der Waals surface area contributed by atoms with Gasteiger partial charge >= 0.3 is 0 Å². The molecule has 0 aromatic heterocycles. The second-order valence-corrected chi connectivity index (χ2v) is 2.35. The second kappa shape index (κ2) is 3.02. The van der Waals surface area contributed by atoms with Gasteiger partial charge in [0, 0.05) is 0 Å². The predicted molar refractivity (Wildman–Crippen MR) is 39.6 cm³/mol. The number of hydrogen-bond acceptors (Lipinski definition) is 0. The van der Waals surface area contributed by atoms with Crippen LogP contribution in [0.15, 0.2) is 12.1 Å². The van der Waals surface area contributed by atoms with Crippen molar-refractivity contribution in [3.8, 4) is 0 Å². The summed E-state index contributed by atoms with van der Waals surface area (Å²) in [4.78, 5) is 0. The fourth-order valence-corrected chi connectivity index (χ4v) is 1.00. The third-order valence-electron chi connectivity index (χ3n) is 1.32. The zero-order valence-corrected chi connectivity index (χ0v) is 6.37. The molecule has 53 valence electrons. The van der Waals surface area contributed by atoms with Gasteiger partial charge < -0.3 is 0 Å². The molecule has 0 fully saturated rings. The summed E-state index contributed by atoms with van der Waals surface area (Å²) in [5.74, 6) is -0.364. The molecule has 0 saturated carbocycles. The van der Waals surface area contributed by atoms with E-state index in [0.29, 0.717) is 0 Å². The van der Waals surface area contributed by atoms with Crippen LogP contribution in [0.4, 0.5) is 4.39 Å². The molecule has 1 rings (SSSR count). The van der Waals surface area contributed by atoms with E-state index in [-0.39, 0.29) is 10.8 Å². The van der Waals surface area contributed by atoms with Gasteiger partial charge in [-0.3, -0.25) is 0 Å². The molecule has 2 heteroatoms. The lowest BCUT2D eigenvalue weighted by molar-refractivity contribution is 0.626. The average molecular weight is 158 g/mol. The second-order valence-electron chi connectivity index (χ2n) is 1.97. The van der Waals surface area contributed by atoms with Crippen LogP contribution in [0.3, 0.4) is 0 Å². The maximum atomic E-state index is 12.6. The van der Waals surface area contributed by atoms with Crippen molar-refractivity contribution in [3.63, 3.8) is 0 Å². The Hall–Kier alpha value is -0.560. The smallest absolute Gasteiger partial charge is 0.142 e. The van der Waals surface area contributed by atoms with Gasteiger partial charge in [0.25, 0.3) is 0 Å². The van der Waals surface area contributed by atoms with Crippen LogP contribution in [-0.4, -0.2) is 0 Å². The molecule has 0 unspecified atom stereocenters. The SMILES string of the molecule is CCc1[c]ccc(F)c1Cl. The van der Waals surface area contributed by atoms with Crippen LogP contribution in [0.1, 0.15) is 12.5 Å². The highest BCUT2D eigenvalue weighted by molar-refractivity contribution is 6.31. The molecule has 0 atom stereocenters. The molecular formula is C8H7ClF. The molecule has 0 aliphatic rings. The van der Waals surface area contributed by atoms with E-state index < -0.39 is 0 Å². The molecule has 0 spiro atoms. The third kappa shape index (κ3) is 1.29. The van der Waals surface area contributed by atoms with E-state index in [1.165, 1.54) is 6.07 Å². The van der Waals surface area contributed by atoms with Crippen LogP contribution >= 0.6 is 11.6 Å². The first-order valence-corrected chi connectivity index (χ1v) is 3.48. The van der Waals surface area contributed by atoms with Crippen molar-refractivity contribution in [1.82, 2.24) is 0 Å². The maximum Gasteiger partial charge on any atom is 0.142 e. The predicted octanol–water partition coefficient (Wildman–Crippen LogP) is 2.84. The lowest BCUT2D eigenvalue weighted by atomic mass is 10.2. The Bertz CT molecular complexity index is 233. The summed E-state index contributed by atoms with van der Waals surface area (Å²) in [7, 11) is 0. The number of rotatable bonds is 1. The lowest BCUT2D eigenvalue weighted by Crippen LogP contribution is -1.85. The Morgan fingerprint density at radius 2 is 2.40 bits per heavy atom. The molecule has 0 heterocycles. The molecule has 1 aromatic carbocycles. The summed E-state index contributed by atoms with van der Waals surface area (Å²) >= 11 is 5.59. The summed E-state index contributed by atoms with van der Waals surface area (Å²) in [6.45, 7) is 1.91. The molecule has 1 aromatic rings. The Morgan fingerprint density at radius 3 is 2.90 bits per heavy atom. The lowest BCUT2D eigenvalue weighted by Gasteiger charge is -1.98. The van der Waals surface area contributed by atoms with Crippen LogP contribution in [0.25, 0.3) is 0 Å². The largest absolute Gasteiger partial charge is 0.205 e. The van der Waals surface area contributed by atoms with Gasteiger partial charge in [-0.15, -0.1) is 0 Å². The Balaban J connectivity index is 3.14. The maximum absolute atomic E-state index is 12.6. The first-order valence-electron chi connectivity index (χ1n) is 3.10. The summed E-state index contributed by atoms with van der Waals surface area (Å²) < 4.78 is 12.6. The number of hydrogen-bond donors (Lipinski definition) is 0. The van der Waals surface area contributed by atoms with Crippen molar-refractivity contribution in [2.24, 2.45) is 0 Å². The van der Waals surface area contributed by atoms with Crippen molar-refractivity contribution in [3.05, 3.63) is 34.6 Å². The van der Waals surface area contributed by atoms with Gasteiger partial charge in [-0.25, -0.2) is 4.39 Å². The van der Waals surface area contributed by atoms with Gasteiger partial charge in [0.2, 0.25) is 0 Å². The standard InChI is InChI=1S/C8H7ClF/c1-2-6-4-3-5-7(10)8(6)9/h3,5H,2H2,1H3. The fraction of sp³-hybridized carbons (Fsp3) is 0.250. The molecule has 1 radical (unpaired) electrons. The van der Waals surface area contributed by atoms with Crippen LogP contribution < -0.4 is 0 Å². The highest BCUT2D eigenvalue weighted by Crippen LogP contribution is 2.18. The van der Waals surface area contributed by atoms with Gasteiger partial charge in [0.1, 0.15) is 5.82 Å². The van der Waals surface area contributed by atoms with E-state index in [0.717, 1.165) is 12.0 Å². The molecule has 0 amide bonds. The summed E-state index contributed by atoms with van der Waals surface area (Å²) in [5, 5.41) is 0.199. The first-order chi connectivity index (χ1) is 4.75. The Morgan fingerprint density at radius 1 is 1.70 bits per heavy atom. The average Bonchev–Trinajstić information content (AvgIpc) is 1.95. The quantitative estimate of drug-likeness (QED) is 0.588. The molecule has 0 nitrogen and oxygen atoms in total. The molecule has 0 bridgehead atoms. The van der Waals surface area contributed by atoms with Crippen LogP contribution in [0.2, 0.25) is 5.02 Å². The van der Waals surface area contributed by atoms with Gasteiger partial charge in [-0.1, -0.05) is 24.6 Å². The zero-order chi connectivity index (χ0) is 7.56. The zero-order valence-electron chi connectivity index (χ0n) is 5.62. The molecule has 0 saturated heterocycles. The normalized spacial score (nSPS) is 9.90. The minimum Gasteiger partial charge on any atom is -0.205 e. The summed E-state index contributed by atoms with van der Waals surface area (Å²) in [6, 6.07) is 5.70. The molecule has 10 heavy (non-hydrogen) atoms. The van der Waals surface area contributed by atoms with Crippen molar-refractivity contribution >= 4 is 11.6 Å². The molecular weight excluding hydrogens is 151 g/mol. The minimum atomic E-state index is -0.364. The van der Waals surface area contributed by atoms with E-state index >= 15 is 0 Å². The van der Waals surface area contributed by atoms with Gasteiger partial charge in [-0.05, 0) is 24.1 Å². The topological polar surface area (TPSA) is 0 Å². The highest BCUT2D eigenvalue weighted by Gasteiger charge is 2.02. The van der Waals surface area contributed by atoms with Gasteiger partial charge in [0.05, 0.1) is 5.02 Å². The van der Waals surface area contributed by atoms with Crippen LogP contribution in [-0.2, 0) is 6.42 Å². The molecule has 0 aliphatic heterocycles. The van der Waals surface area contributed by atoms with Gasteiger partial charge in [-0.2, -0.15) is 0 Å². The summed E-state index contributed by atoms with van der Waals surface area (Å²) in [5.41, 5.74) is 0.738. The third-order valence-corrected chi connectivity index (χ3v) is 1.72. The van der Waals surface area contributed by atoms with E-state index in [9.17, 15) is 4.39 Å². The Labute approximate surface area is 64.6 Å². The molecule has 0 N–H and O–H groups in total. The fourth-order valence-electron chi connectivity index (χ4n) is 0.753. The van der Waals surface area contributed by atoms with Crippen molar-refractivity contribution in [2.75, 3.05) is 0 Å². The summed E-state index contributed by atoms with van der Waals surface area (Å²) in [6.07, 6.45) is 0.719. The van der Waals surface area contributed by atoms with E-state index in [2.05, 4.69) is 6.07 Å². The van der Waals surface area contributed by atoms with Crippen molar-refractivity contribution < 1.29 is 4.39 Å². The first kappa shape index (κ1) is 7.55. The van der Waals surface area contributed by atoms with Crippen molar-refractivity contribution in [1.29, 1.82) is 0 Å². The monoisotopic (exact) mass is 157 g/mol. The number of aryl methyl sites for hydroxylation is 1. The van der Waals surface area contributed by atoms with E-state index in [1.54, 1.807) is 6.07 Å². The Kier molecular flexibility index (Phi) is 2.28. The number of benzene rings is 1.